The summed E-state index contributed by atoms with van der Waals surface area (Å²) in [6.07, 6.45) is 3.44. The van der Waals surface area contributed by atoms with Gasteiger partial charge in [-0.1, -0.05) is 6.07 Å². The van der Waals surface area contributed by atoms with E-state index in [2.05, 4.69) is 9.88 Å². The molecule has 1 fully saturated rings. The standard InChI is InChI=1S/C12H19N3O/c1-9(13)11-5-2-6-14-12(11)15-7-3-4-10(16)8-15/h2,5-6,9-10,16H,3-4,7-8,13H2,1H3/t9-,10?/m1/s1. The first kappa shape index (κ1) is 11.4. The van der Waals surface area contributed by atoms with Gasteiger partial charge in [0.15, 0.2) is 0 Å². The average molecular weight is 221 g/mol. The highest BCUT2D eigenvalue weighted by molar-refractivity contribution is 5.48. The first-order valence-electron chi connectivity index (χ1n) is 5.82. The zero-order valence-electron chi connectivity index (χ0n) is 9.63. The minimum atomic E-state index is -0.239. The van der Waals surface area contributed by atoms with Gasteiger partial charge in [-0.25, -0.2) is 4.98 Å². The summed E-state index contributed by atoms with van der Waals surface area (Å²) in [7, 11) is 0. The Morgan fingerprint density at radius 2 is 2.44 bits per heavy atom. The Morgan fingerprint density at radius 1 is 1.62 bits per heavy atom. The van der Waals surface area contributed by atoms with Crippen LogP contribution in [0.2, 0.25) is 0 Å². The van der Waals surface area contributed by atoms with E-state index in [0.29, 0.717) is 6.54 Å². The molecule has 2 atom stereocenters. The summed E-state index contributed by atoms with van der Waals surface area (Å²) in [5.74, 6) is 0.927. The van der Waals surface area contributed by atoms with Crippen LogP contribution in [0.25, 0.3) is 0 Å². The summed E-state index contributed by atoms with van der Waals surface area (Å²) in [5.41, 5.74) is 6.98. The fourth-order valence-corrected chi connectivity index (χ4v) is 2.18. The second kappa shape index (κ2) is 4.80. The first-order valence-corrected chi connectivity index (χ1v) is 5.82. The third-order valence-corrected chi connectivity index (χ3v) is 3.00. The number of nitrogens with zero attached hydrogens (tertiary/aromatic N) is 2. The van der Waals surface area contributed by atoms with E-state index in [4.69, 9.17) is 5.73 Å². The quantitative estimate of drug-likeness (QED) is 0.784. The molecule has 0 radical (unpaired) electrons. The van der Waals surface area contributed by atoms with Crippen molar-refractivity contribution in [1.29, 1.82) is 0 Å². The number of hydrogen-bond donors (Lipinski definition) is 2. The molecule has 0 amide bonds. The lowest BCUT2D eigenvalue weighted by Crippen LogP contribution is -2.39. The van der Waals surface area contributed by atoms with Crippen LogP contribution in [0, 0.1) is 0 Å². The first-order chi connectivity index (χ1) is 7.68. The SMILES string of the molecule is C[C@@H](N)c1cccnc1N1CCCC(O)C1. The highest BCUT2D eigenvalue weighted by Gasteiger charge is 2.21. The molecule has 4 nitrogen and oxygen atoms in total. The summed E-state index contributed by atoms with van der Waals surface area (Å²) in [4.78, 5) is 6.52. The zero-order chi connectivity index (χ0) is 11.5. The van der Waals surface area contributed by atoms with Crippen molar-refractivity contribution in [2.24, 2.45) is 5.73 Å². The lowest BCUT2D eigenvalue weighted by Gasteiger charge is -2.32. The molecule has 2 heterocycles. The summed E-state index contributed by atoms with van der Waals surface area (Å²) in [6, 6.07) is 3.89. The fraction of sp³-hybridized carbons (Fsp3) is 0.583. The van der Waals surface area contributed by atoms with Gasteiger partial charge in [0.1, 0.15) is 5.82 Å². The lowest BCUT2D eigenvalue weighted by molar-refractivity contribution is 0.153. The Kier molecular flexibility index (Phi) is 3.41. The molecular weight excluding hydrogens is 202 g/mol. The molecule has 1 unspecified atom stereocenters. The number of β-amino-alcohol motifs (C(OH)–C–C–N with tert-alkyl or cyclic N) is 1. The smallest absolute Gasteiger partial charge is 0.133 e. The summed E-state index contributed by atoms with van der Waals surface area (Å²) in [5, 5.41) is 9.67. The molecule has 1 aliphatic heterocycles. The zero-order valence-corrected chi connectivity index (χ0v) is 9.63. The van der Waals surface area contributed by atoms with Crippen molar-refractivity contribution in [3.05, 3.63) is 23.9 Å². The molecule has 3 N–H and O–H groups in total. The predicted molar refractivity (Wildman–Crippen MR) is 64.3 cm³/mol. The van der Waals surface area contributed by atoms with Crippen LogP contribution in [0.3, 0.4) is 0 Å². The van der Waals surface area contributed by atoms with Crippen LogP contribution < -0.4 is 10.6 Å². The number of aliphatic hydroxyl groups is 1. The van der Waals surface area contributed by atoms with Crippen LogP contribution in [0.5, 0.6) is 0 Å². The maximum Gasteiger partial charge on any atom is 0.133 e. The van der Waals surface area contributed by atoms with Crippen LogP contribution in [0.1, 0.15) is 31.4 Å². The highest BCUT2D eigenvalue weighted by Crippen LogP contribution is 2.25. The van der Waals surface area contributed by atoms with Crippen molar-refractivity contribution >= 4 is 5.82 Å². The topological polar surface area (TPSA) is 62.4 Å². The second-order valence-electron chi connectivity index (χ2n) is 4.45. The van der Waals surface area contributed by atoms with Gasteiger partial charge in [-0.05, 0) is 25.8 Å². The van der Waals surface area contributed by atoms with Crippen molar-refractivity contribution in [1.82, 2.24) is 4.98 Å². The molecule has 1 aromatic heterocycles. The number of nitrogens with two attached hydrogens (primary N) is 1. The molecule has 1 aliphatic rings. The molecule has 0 spiro atoms. The molecule has 0 aromatic carbocycles. The van der Waals surface area contributed by atoms with E-state index < -0.39 is 0 Å². The largest absolute Gasteiger partial charge is 0.391 e. The van der Waals surface area contributed by atoms with Gasteiger partial charge < -0.3 is 15.7 Å². The van der Waals surface area contributed by atoms with Crippen LogP contribution in [0.15, 0.2) is 18.3 Å². The van der Waals surface area contributed by atoms with Gasteiger partial charge in [0.2, 0.25) is 0 Å². The van der Waals surface area contributed by atoms with E-state index in [1.54, 1.807) is 6.20 Å². The average Bonchev–Trinajstić information content (AvgIpc) is 2.29. The highest BCUT2D eigenvalue weighted by atomic mass is 16.3. The molecule has 0 bridgehead atoms. The van der Waals surface area contributed by atoms with Crippen molar-refractivity contribution in [3.8, 4) is 0 Å². The molecule has 4 heteroatoms. The van der Waals surface area contributed by atoms with Crippen molar-refractivity contribution in [3.63, 3.8) is 0 Å². The molecule has 1 aromatic rings. The van der Waals surface area contributed by atoms with E-state index in [-0.39, 0.29) is 12.1 Å². The molecule has 16 heavy (non-hydrogen) atoms. The molecule has 0 saturated carbocycles. The monoisotopic (exact) mass is 221 g/mol. The maximum absolute atomic E-state index is 9.67. The van der Waals surface area contributed by atoms with E-state index >= 15 is 0 Å². The summed E-state index contributed by atoms with van der Waals surface area (Å²) in [6.45, 7) is 3.57. The number of pyridine rings is 1. The third kappa shape index (κ3) is 2.33. The van der Waals surface area contributed by atoms with E-state index in [9.17, 15) is 5.11 Å². The van der Waals surface area contributed by atoms with Gasteiger partial charge in [-0.3, -0.25) is 0 Å². The number of hydrogen-bond acceptors (Lipinski definition) is 4. The normalized spacial score (nSPS) is 23.2. The Hall–Kier alpha value is -1.13. The van der Waals surface area contributed by atoms with E-state index in [0.717, 1.165) is 30.8 Å². The van der Waals surface area contributed by atoms with Gasteiger partial charge in [-0.2, -0.15) is 0 Å². The lowest BCUT2D eigenvalue weighted by atomic mass is 10.1. The third-order valence-electron chi connectivity index (χ3n) is 3.00. The van der Waals surface area contributed by atoms with E-state index in [1.807, 2.05) is 19.1 Å². The predicted octanol–water partition coefficient (Wildman–Crippen LogP) is 1.06. The Morgan fingerprint density at radius 3 is 3.12 bits per heavy atom. The summed E-state index contributed by atoms with van der Waals surface area (Å²) >= 11 is 0. The minimum absolute atomic E-state index is 0.0252. The molecule has 0 aliphatic carbocycles. The Bertz CT molecular complexity index is 354. The van der Waals surface area contributed by atoms with E-state index in [1.165, 1.54) is 0 Å². The van der Waals surface area contributed by atoms with Gasteiger partial charge in [0.05, 0.1) is 6.10 Å². The van der Waals surface area contributed by atoms with Crippen LogP contribution in [-0.4, -0.2) is 29.3 Å². The number of anilines is 1. The molecule has 88 valence electrons. The van der Waals surface area contributed by atoms with Crippen molar-refractivity contribution < 1.29 is 5.11 Å². The molecular formula is C12H19N3O. The van der Waals surface area contributed by atoms with Gasteiger partial charge in [-0.15, -0.1) is 0 Å². The van der Waals surface area contributed by atoms with Crippen molar-refractivity contribution in [2.45, 2.75) is 31.9 Å². The maximum atomic E-state index is 9.67. The van der Waals surface area contributed by atoms with Crippen molar-refractivity contribution in [2.75, 3.05) is 18.0 Å². The number of aromatic nitrogens is 1. The minimum Gasteiger partial charge on any atom is -0.391 e. The van der Waals surface area contributed by atoms with Gasteiger partial charge in [0.25, 0.3) is 0 Å². The molecule has 2 rings (SSSR count). The van der Waals surface area contributed by atoms with Gasteiger partial charge in [0, 0.05) is 30.9 Å². The molecule has 1 saturated heterocycles. The fourth-order valence-electron chi connectivity index (χ4n) is 2.18. The Balaban J connectivity index is 2.25. The summed E-state index contributed by atoms with van der Waals surface area (Å²) < 4.78 is 0. The number of aliphatic hydroxyl groups excluding tert-OH is 1. The van der Waals surface area contributed by atoms with Crippen LogP contribution in [0.4, 0.5) is 5.82 Å². The number of piperidine rings is 1. The van der Waals surface area contributed by atoms with Crippen LogP contribution in [-0.2, 0) is 0 Å². The Labute approximate surface area is 96.1 Å². The second-order valence-corrected chi connectivity index (χ2v) is 4.45. The van der Waals surface area contributed by atoms with Crippen LogP contribution >= 0.6 is 0 Å². The van der Waals surface area contributed by atoms with Gasteiger partial charge >= 0.3 is 0 Å². The number of rotatable bonds is 2.